The van der Waals surface area contributed by atoms with Crippen LogP contribution < -0.4 is 10.6 Å². The number of piperazine rings is 1. The second-order valence-electron chi connectivity index (χ2n) is 7.11. The van der Waals surface area contributed by atoms with E-state index in [4.69, 9.17) is 0 Å². The highest BCUT2D eigenvalue weighted by Crippen LogP contribution is 2.19. The lowest BCUT2D eigenvalue weighted by atomic mass is 10.1. The molecule has 2 saturated heterocycles. The maximum absolute atomic E-state index is 12.4. The van der Waals surface area contributed by atoms with Crippen LogP contribution in [-0.2, 0) is 9.59 Å². The van der Waals surface area contributed by atoms with Crippen molar-refractivity contribution in [1.82, 2.24) is 15.1 Å². The quantitative estimate of drug-likeness (QED) is 0.785. The fraction of sp³-hybridized carbons (Fsp3) is 0.579. The van der Waals surface area contributed by atoms with Gasteiger partial charge in [-0.25, -0.2) is 0 Å². The van der Waals surface area contributed by atoms with Gasteiger partial charge in [0.05, 0.1) is 12.5 Å². The second kappa shape index (κ2) is 10.9. The predicted octanol–water partition coefficient (Wildman–Crippen LogP) is 1.84. The Morgan fingerprint density at radius 2 is 1.74 bits per heavy atom. The van der Waals surface area contributed by atoms with Crippen molar-refractivity contribution in [2.45, 2.75) is 20.3 Å². The zero-order valence-corrected chi connectivity index (χ0v) is 17.6. The topological polar surface area (TPSA) is 64.7 Å². The van der Waals surface area contributed by atoms with Crippen LogP contribution in [0.2, 0.25) is 0 Å². The summed E-state index contributed by atoms with van der Waals surface area (Å²) in [6.07, 6.45) is 0.942. The van der Waals surface area contributed by atoms with Gasteiger partial charge in [0.15, 0.2) is 0 Å². The third-order valence-electron chi connectivity index (χ3n) is 5.21. The average molecular weight is 417 g/mol. The highest BCUT2D eigenvalue weighted by molar-refractivity contribution is 5.93. The highest BCUT2D eigenvalue weighted by atomic mass is 35.5. The minimum absolute atomic E-state index is 0. The van der Waals surface area contributed by atoms with Crippen molar-refractivity contribution in [2.24, 2.45) is 5.92 Å². The van der Waals surface area contributed by atoms with Crippen LogP contribution in [0, 0.1) is 19.8 Å². The molecule has 0 saturated carbocycles. The first-order chi connectivity index (χ1) is 12.0. The summed E-state index contributed by atoms with van der Waals surface area (Å²) in [5, 5.41) is 6.28. The molecular formula is C19H30Cl2N4O2. The maximum Gasteiger partial charge on any atom is 0.238 e. The summed E-state index contributed by atoms with van der Waals surface area (Å²) in [4.78, 5) is 28.9. The molecule has 6 nitrogen and oxygen atoms in total. The summed E-state index contributed by atoms with van der Waals surface area (Å²) >= 11 is 0. The maximum atomic E-state index is 12.4. The van der Waals surface area contributed by atoms with Gasteiger partial charge in [-0.3, -0.25) is 14.5 Å². The minimum Gasteiger partial charge on any atom is -0.340 e. The van der Waals surface area contributed by atoms with Gasteiger partial charge >= 0.3 is 0 Å². The van der Waals surface area contributed by atoms with Crippen LogP contribution in [0.5, 0.6) is 0 Å². The fourth-order valence-corrected chi connectivity index (χ4v) is 3.64. The number of aryl methyl sites for hydroxylation is 2. The first-order valence-electron chi connectivity index (χ1n) is 9.12. The van der Waals surface area contributed by atoms with Crippen LogP contribution >= 0.6 is 24.8 Å². The van der Waals surface area contributed by atoms with Crippen molar-refractivity contribution < 1.29 is 9.59 Å². The van der Waals surface area contributed by atoms with E-state index < -0.39 is 0 Å². The van der Waals surface area contributed by atoms with E-state index in [-0.39, 0.29) is 42.5 Å². The van der Waals surface area contributed by atoms with Gasteiger partial charge in [0.1, 0.15) is 0 Å². The molecule has 0 bridgehead atoms. The SMILES string of the molecule is Cc1cccc(C)c1NC(=O)CN1CCN(C(=O)C2CCNC2)CC1.Cl.Cl. The summed E-state index contributed by atoms with van der Waals surface area (Å²) in [7, 11) is 0. The molecule has 1 aromatic rings. The number of hydrogen-bond donors (Lipinski definition) is 2. The summed E-state index contributed by atoms with van der Waals surface area (Å²) in [5.41, 5.74) is 3.07. The van der Waals surface area contributed by atoms with E-state index >= 15 is 0 Å². The van der Waals surface area contributed by atoms with Crippen molar-refractivity contribution in [3.63, 3.8) is 0 Å². The van der Waals surface area contributed by atoms with E-state index in [2.05, 4.69) is 15.5 Å². The Labute approximate surface area is 173 Å². The Kier molecular flexibility index (Phi) is 9.53. The number of hydrogen-bond acceptors (Lipinski definition) is 4. The Bertz CT molecular complexity index is 622. The molecule has 2 aliphatic rings. The zero-order valence-electron chi connectivity index (χ0n) is 16.0. The van der Waals surface area contributed by atoms with Crippen LogP contribution in [0.25, 0.3) is 0 Å². The number of carbonyl (C=O) groups excluding carboxylic acids is 2. The lowest BCUT2D eigenvalue weighted by Gasteiger charge is -2.35. The van der Waals surface area contributed by atoms with Crippen molar-refractivity contribution in [2.75, 3.05) is 51.1 Å². The number of halogens is 2. The summed E-state index contributed by atoms with van der Waals surface area (Å²) in [6.45, 7) is 9.07. The smallest absolute Gasteiger partial charge is 0.238 e. The van der Waals surface area contributed by atoms with Gasteiger partial charge in [0, 0.05) is 38.4 Å². The molecular weight excluding hydrogens is 387 g/mol. The summed E-state index contributed by atoms with van der Waals surface area (Å²) in [5.74, 6) is 0.417. The molecule has 0 radical (unpaired) electrons. The fourth-order valence-electron chi connectivity index (χ4n) is 3.64. The van der Waals surface area contributed by atoms with Gasteiger partial charge in [-0.15, -0.1) is 24.8 Å². The Balaban J connectivity index is 0.00000182. The monoisotopic (exact) mass is 416 g/mol. The summed E-state index contributed by atoms with van der Waals surface area (Å²) in [6, 6.07) is 6.01. The molecule has 152 valence electrons. The molecule has 1 unspecified atom stereocenters. The van der Waals surface area contributed by atoms with Crippen molar-refractivity contribution in [1.29, 1.82) is 0 Å². The number of rotatable bonds is 4. The van der Waals surface area contributed by atoms with E-state index in [0.717, 1.165) is 49.4 Å². The van der Waals surface area contributed by atoms with Gasteiger partial charge in [0.25, 0.3) is 0 Å². The molecule has 3 rings (SSSR count). The molecule has 2 heterocycles. The molecule has 2 amide bonds. The molecule has 27 heavy (non-hydrogen) atoms. The molecule has 8 heteroatoms. The number of amides is 2. The van der Waals surface area contributed by atoms with Crippen molar-refractivity contribution in [3.05, 3.63) is 29.3 Å². The largest absolute Gasteiger partial charge is 0.340 e. The first-order valence-corrected chi connectivity index (χ1v) is 9.12. The van der Waals surface area contributed by atoms with Crippen LogP contribution in [-0.4, -0.2) is 67.4 Å². The van der Waals surface area contributed by atoms with Gasteiger partial charge in [-0.2, -0.15) is 0 Å². The highest BCUT2D eigenvalue weighted by Gasteiger charge is 2.29. The van der Waals surface area contributed by atoms with E-state index in [1.54, 1.807) is 0 Å². The van der Waals surface area contributed by atoms with Gasteiger partial charge in [0.2, 0.25) is 11.8 Å². The molecule has 1 atom stereocenters. The first kappa shape index (κ1) is 23.7. The summed E-state index contributed by atoms with van der Waals surface area (Å²) < 4.78 is 0. The third-order valence-corrected chi connectivity index (χ3v) is 5.21. The number of para-hydroxylation sites is 1. The zero-order chi connectivity index (χ0) is 17.8. The Hall–Kier alpha value is -1.34. The minimum atomic E-state index is 0. The number of nitrogens with one attached hydrogen (secondary N) is 2. The van der Waals surface area contributed by atoms with E-state index in [0.29, 0.717) is 19.6 Å². The Morgan fingerprint density at radius 1 is 1.11 bits per heavy atom. The lowest BCUT2D eigenvalue weighted by molar-refractivity contribution is -0.136. The molecule has 0 aromatic heterocycles. The van der Waals surface area contributed by atoms with Gasteiger partial charge in [-0.05, 0) is 37.9 Å². The number of benzene rings is 1. The second-order valence-corrected chi connectivity index (χ2v) is 7.11. The molecule has 0 aliphatic carbocycles. The lowest BCUT2D eigenvalue weighted by Crippen LogP contribution is -2.52. The molecule has 0 spiro atoms. The predicted molar refractivity (Wildman–Crippen MR) is 113 cm³/mol. The Morgan fingerprint density at radius 3 is 2.30 bits per heavy atom. The van der Waals surface area contributed by atoms with E-state index in [9.17, 15) is 9.59 Å². The standard InChI is InChI=1S/C19H28N4O2.2ClH/c1-14-4-3-5-15(2)18(14)21-17(24)13-22-8-10-23(11-9-22)19(25)16-6-7-20-12-16;;/h3-5,16,20H,6-13H2,1-2H3,(H,21,24);2*1H. The van der Waals surface area contributed by atoms with E-state index in [1.165, 1.54) is 0 Å². The van der Waals surface area contributed by atoms with Crippen LogP contribution in [0.3, 0.4) is 0 Å². The third kappa shape index (κ3) is 6.07. The average Bonchev–Trinajstić information content (AvgIpc) is 3.13. The van der Waals surface area contributed by atoms with Crippen LogP contribution in [0.15, 0.2) is 18.2 Å². The normalized spacial score (nSPS) is 19.8. The molecule has 2 aliphatic heterocycles. The number of nitrogens with zero attached hydrogens (tertiary/aromatic N) is 2. The van der Waals surface area contributed by atoms with E-state index in [1.807, 2.05) is 36.9 Å². The number of anilines is 1. The molecule has 2 fully saturated rings. The van der Waals surface area contributed by atoms with Crippen LogP contribution in [0.4, 0.5) is 5.69 Å². The van der Waals surface area contributed by atoms with Crippen molar-refractivity contribution in [3.8, 4) is 0 Å². The van der Waals surface area contributed by atoms with Crippen molar-refractivity contribution >= 4 is 42.3 Å². The number of carbonyl (C=O) groups is 2. The molecule has 1 aromatic carbocycles. The van der Waals surface area contributed by atoms with Gasteiger partial charge in [-0.1, -0.05) is 18.2 Å². The van der Waals surface area contributed by atoms with Gasteiger partial charge < -0.3 is 15.5 Å². The van der Waals surface area contributed by atoms with Crippen LogP contribution in [0.1, 0.15) is 17.5 Å². The molecule has 2 N–H and O–H groups in total.